The highest BCUT2D eigenvalue weighted by molar-refractivity contribution is 6.01. The summed E-state index contributed by atoms with van der Waals surface area (Å²) in [6.45, 7) is 1.88. The first-order valence-electron chi connectivity index (χ1n) is 4.72. The molecule has 0 saturated carbocycles. The lowest BCUT2D eigenvalue weighted by atomic mass is 9.79. The van der Waals surface area contributed by atoms with Crippen LogP contribution in [-0.4, -0.2) is 23.7 Å². The topological polar surface area (TPSA) is 63.6 Å². The third-order valence-electron chi connectivity index (χ3n) is 2.37. The van der Waals surface area contributed by atoms with Gasteiger partial charge in [0, 0.05) is 0 Å². The van der Waals surface area contributed by atoms with Gasteiger partial charge >= 0.3 is 11.9 Å². The van der Waals surface area contributed by atoms with E-state index in [1.807, 2.05) is 0 Å². The zero-order valence-corrected chi connectivity index (χ0v) is 8.16. The van der Waals surface area contributed by atoms with E-state index in [-0.39, 0.29) is 6.61 Å². The van der Waals surface area contributed by atoms with Crippen molar-refractivity contribution in [2.75, 3.05) is 6.61 Å². The predicted octanol–water partition coefficient (Wildman–Crippen LogP) is 1.36. The molecule has 0 radical (unpaired) electrons. The molecule has 4 heteroatoms. The van der Waals surface area contributed by atoms with Crippen molar-refractivity contribution in [3.8, 4) is 0 Å². The second-order valence-corrected chi connectivity index (χ2v) is 3.29. The molecule has 1 N–H and O–H groups in total. The molecule has 0 fully saturated rings. The van der Waals surface area contributed by atoms with Gasteiger partial charge in [0.1, 0.15) is 0 Å². The number of rotatable bonds is 3. The largest absolute Gasteiger partial charge is 0.480 e. The molecule has 4 nitrogen and oxygen atoms in total. The van der Waals surface area contributed by atoms with E-state index in [1.54, 1.807) is 13.0 Å². The maximum Gasteiger partial charge on any atom is 0.327 e. The summed E-state index contributed by atoms with van der Waals surface area (Å²) in [6.07, 6.45) is 5.05. The highest BCUT2D eigenvalue weighted by Gasteiger charge is 2.45. The van der Waals surface area contributed by atoms with Gasteiger partial charge in [0.05, 0.1) is 6.61 Å². The average molecular weight is 198 g/mol. The van der Waals surface area contributed by atoms with Gasteiger partial charge in [-0.3, -0.25) is 9.59 Å². The van der Waals surface area contributed by atoms with E-state index in [4.69, 9.17) is 9.84 Å². The van der Waals surface area contributed by atoms with Gasteiger partial charge in [0.25, 0.3) is 0 Å². The number of carbonyl (C=O) groups is 2. The van der Waals surface area contributed by atoms with Crippen molar-refractivity contribution in [1.29, 1.82) is 0 Å². The van der Waals surface area contributed by atoms with E-state index >= 15 is 0 Å². The molecule has 0 aromatic carbocycles. The summed E-state index contributed by atoms with van der Waals surface area (Å²) < 4.78 is 4.78. The molecule has 0 spiro atoms. The Bertz CT molecular complexity index is 269. The summed E-state index contributed by atoms with van der Waals surface area (Å²) in [5.74, 6) is -1.77. The first-order valence-corrected chi connectivity index (χ1v) is 4.72. The second kappa shape index (κ2) is 4.26. The van der Waals surface area contributed by atoms with Gasteiger partial charge in [-0.15, -0.1) is 0 Å². The summed E-state index contributed by atoms with van der Waals surface area (Å²) in [6, 6.07) is 0. The second-order valence-electron chi connectivity index (χ2n) is 3.29. The van der Waals surface area contributed by atoms with Crippen LogP contribution in [0.1, 0.15) is 26.2 Å². The van der Waals surface area contributed by atoms with Crippen molar-refractivity contribution >= 4 is 11.9 Å². The van der Waals surface area contributed by atoms with Crippen LogP contribution in [0.15, 0.2) is 12.2 Å². The molecule has 1 aliphatic rings. The molecule has 0 saturated heterocycles. The summed E-state index contributed by atoms with van der Waals surface area (Å²) in [5.41, 5.74) is -1.44. The van der Waals surface area contributed by atoms with E-state index in [0.717, 1.165) is 6.42 Å². The van der Waals surface area contributed by atoms with Gasteiger partial charge in [-0.05, 0) is 26.2 Å². The first kappa shape index (κ1) is 10.8. The Hall–Kier alpha value is -1.32. The maximum atomic E-state index is 11.5. The highest BCUT2D eigenvalue weighted by atomic mass is 16.5. The average Bonchev–Trinajstić information content (AvgIpc) is 2.19. The zero-order chi connectivity index (χ0) is 10.6. The van der Waals surface area contributed by atoms with E-state index in [1.165, 1.54) is 6.08 Å². The Balaban J connectivity index is 2.92. The van der Waals surface area contributed by atoms with E-state index in [0.29, 0.717) is 12.8 Å². The first-order chi connectivity index (χ1) is 6.63. The fraction of sp³-hybridized carbons (Fsp3) is 0.600. The Morgan fingerprint density at radius 1 is 1.57 bits per heavy atom. The molecule has 1 rings (SSSR count). The molecule has 0 aromatic rings. The van der Waals surface area contributed by atoms with Crippen LogP contribution >= 0.6 is 0 Å². The van der Waals surface area contributed by atoms with Gasteiger partial charge < -0.3 is 9.84 Å². The molecule has 0 aliphatic heterocycles. The molecular formula is C10H14O4. The molecule has 0 heterocycles. The van der Waals surface area contributed by atoms with E-state index in [2.05, 4.69) is 0 Å². The molecular weight excluding hydrogens is 184 g/mol. The van der Waals surface area contributed by atoms with Crippen molar-refractivity contribution < 1.29 is 19.4 Å². The Morgan fingerprint density at radius 2 is 2.29 bits per heavy atom. The molecule has 14 heavy (non-hydrogen) atoms. The lowest BCUT2D eigenvalue weighted by Gasteiger charge is -2.25. The van der Waals surface area contributed by atoms with Gasteiger partial charge in [-0.1, -0.05) is 12.2 Å². The number of carbonyl (C=O) groups excluding carboxylic acids is 1. The summed E-state index contributed by atoms with van der Waals surface area (Å²) in [5, 5.41) is 9.03. The van der Waals surface area contributed by atoms with Crippen molar-refractivity contribution in [2.45, 2.75) is 26.2 Å². The smallest absolute Gasteiger partial charge is 0.327 e. The molecule has 0 amide bonds. The third kappa shape index (κ3) is 1.78. The number of ether oxygens (including phenoxy) is 1. The maximum absolute atomic E-state index is 11.5. The van der Waals surface area contributed by atoms with Gasteiger partial charge in [-0.25, -0.2) is 0 Å². The third-order valence-corrected chi connectivity index (χ3v) is 2.37. The highest BCUT2D eigenvalue weighted by Crippen LogP contribution is 2.32. The van der Waals surface area contributed by atoms with Crippen LogP contribution in [0.4, 0.5) is 0 Å². The van der Waals surface area contributed by atoms with Gasteiger partial charge in [0.15, 0.2) is 5.41 Å². The number of esters is 1. The van der Waals surface area contributed by atoms with Crippen LogP contribution < -0.4 is 0 Å². The molecule has 78 valence electrons. The van der Waals surface area contributed by atoms with Gasteiger partial charge in [-0.2, -0.15) is 0 Å². The molecule has 1 aliphatic carbocycles. The monoisotopic (exact) mass is 198 g/mol. The SMILES string of the molecule is CCOC(=O)[C@@]1(C(=O)O)C=CCCC1. The normalized spacial score (nSPS) is 25.8. The van der Waals surface area contributed by atoms with Crippen LogP contribution in [-0.2, 0) is 14.3 Å². The summed E-state index contributed by atoms with van der Waals surface area (Å²) in [4.78, 5) is 22.5. The fourth-order valence-electron chi connectivity index (χ4n) is 1.56. The molecule has 0 aromatic heterocycles. The zero-order valence-electron chi connectivity index (χ0n) is 8.16. The predicted molar refractivity (Wildman–Crippen MR) is 49.7 cm³/mol. The Labute approximate surface area is 82.6 Å². The quantitative estimate of drug-likeness (QED) is 0.422. The van der Waals surface area contributed by atoms with Crippen molar-refractivity contribution in [3.05, 3.63) is 12.2 Å². The van der Waals surface area contributed by atoms with Crippen LogP contribution in [0.5, 0.6) is 0 Å². The van der Waals surface area contributed by atoms with Crippen molar-refractivity contribution in [1.82, 2.24) is 0 Å². The standard InChI is InChI=1S/C10H14O4/c1-2-14-9(13)10(8(11)12)6-4-3-5-7-10/h4,6H,2-3,5,7H2,1H3,(H,11,12)/t10-/m0/s1. The minimum atomic E-state index is -1.44. The number of allylic oxidation sites excluding steroid dienone is 1. The van der Waals surface area contributed by atoms with Crippen LogP contribution in [0.2, 0.25) is 0 Å². The van der Waals surface area contributed by atoms with Gasteiger partial charge in [0.2, 0.25) is 0 Å². The lowest BCUT2D eigenvalue weighted by molar-refractivity contribution is -0.165. The van der Waals surface area contributed by atoms with Crippen LogP contribution in [0.25, 0.3) is 0 Å². The summed E-state index contributed by atoms with van der Waals surface area (Å²) >= 11 is 0. The van der Waals surface area contributed by atoms with Crippen molar-refractivity contribution in [3.63, 3.8) is 0 Å². The number of aliphatic carboxylic acids is 1. The van der Waals surface area contributed by atoms with Crippen molar-refractivity contribution in [2.24, 2.45) is 5.41 Å². The number of carboxylic acids is 1. The molecule has 1 atom stereocenters. The van der Waals surface area contributed by atoms with Crippen LogP contribution in [0, 0.1) is 5.41 Å². The minimum absolute atomic E-state index is 0.210. The van der Waals surface area contributed by atoms with Crippen LogP contribution in [0.3, 0.4) is 0 Å². The summed E-state index contributed by atoms with van der Waals surface area (Å²) in [7, 11) is 0. The number of hydrogen-bond acceptors (Lipinski definition) is 3. The lowest BCUT2D eigenvalue weighted by Crippen LogP contribution is -2.40. The minimum Gasteiger partial charge on any atom is -0.480 e. The molecule has 0 bridgehead atoms. The fourth-order valence-corrected chi connectivity index (χ4v) is 1.56. The molecule has 0 unspecified atom stereocenters. The van der Waals surface area contributed by atoms with E-state index < -0.39 is 17.4 Å². The Kier molecular flexibility index (Phi) is 3.28. The van der Waals surface area contributed by atoms with E-state index in [9.17, 15) is 9.59 Å². The number of hydrogen-bond donors (Lipinski definition) is 1. The Morgan fingerprint density at radius 3 is 2.71 bits per heavy atom. The number of carboxylic acid groups (broad SMARTS) is 1.